The number of benzene rings is 1. The van der Waals surface area contributed by atoms with Crippen LogP contribution in [0.1, 0.15) is 5.56 Å². The Labute approximate surface area is 121 Å². The molecule has 2 rings (SSSR count). The summed E-state index contributed by atoms with van der Waals surface area (Å²) < 4.78 is 9.76. The zero-order valence-electron chi connectivity index (χ0n) is 11.6. The van der Waals surface area contributed by atoms with Crippen LogP contribution in [0.2, 0.25) is 0 Å². The summed E-state index contributed by atoms with van der Waals surface area (Å²) in [4.78, 5) is 24.1. The van der Waals surface area contributed by atoms with E-state index in [1.807, 2.05) is 30.3 Å². The smallest absolute Gasteiger partial charge is 0.239 e. The number of rotatable bonds is 5. The lowest BCUT2D eigenvalue weighted by Gasteiger charge is -2.02. The van der Waals surface area contributed by atoms with Gasteiger partial charge in [-0.25, -0.2) is 0 Å². The summed E-state index contributed by atoms with van der Waals surface area (Å²) in [5, 5.41) is 9.93. The molecule has 0 fully saturated rings. The molecule has 0 aromatic heterocycles. The minimum atomic E-state index is -0.686. The van der Waals surface area contributed by atoms with E-state index < -0.39 is 17.3 Å². The van der Waals surface area contributed by atoms with Crippen molar-refractivity contribution in [3.05, 3.63) is 64.8 Å². The van der Waals surface area contributed by atoms with Gasteiger partial charge in [0.1, 0.15) is 5.57 Å². The number of hydrogen-bond acceptors (Lipinski definition) is 5. The lowest BCUT2D eigenvalue weighted by Crippen LogP contribution is -2.11. The quantitative estimate of drug-likeness (QED) is 0.663. The highest BCUT2D eigenvalue weighted by Crippen LogP contribution is 2.29. The summed E-state index contributed by atoms with van der Waals surface area (Å²) in [6.07, 6.45) is 2.79. The van der Waals surface area contributed by atoms with Crippen molar-refractivity contribution >= 4 is 17.6 Å². The highest BCUT2D eigenvalue weighted by molar-refractivity contribution is 6.31. The summed E-state index contributed by atoms with van der Waals surface area (Å²) in [6.45, 7) is 0. The molecule has 0 spiro atoms. The molecule has 1 aromatic rings. The maximum atomic E-state index is 12.1. The van der Waals surface area contributed by atoms with Gasteiger partial charge in [0.05, 0.1) is 14.2 Å². The molecule has 0 amide bonds. The number of methoxy groups -OCH3 is 2. The van der Waals surface area contributed by atoms with Gasteiger partial charge in [-0.05, 0) is 11.6 Å². The van der Waals surface area contributed by atoms with E-state index in [1.165, 1.54) is 20.3 Å². The lowest BCUT2D eigenvalue weighted by atomic mass is 10.1. The van der Waals surface area contributed by atoms with Gasteiger partial charge < -0.3 is 14.6 Å². The van der Waals surface area contributed by atoms with Crippen LogP contribution < -0.4 is 0 Å². The maximum absolute atomic E-state index is 12.1. The molecular weight excluding hydrogens is 272 g/mol. The van der Waals surface area contributed by atoms with Crippen LogP contribution in [0.5, 0.6) is 0 Å². The number of ketones is 2. The van der Waals surface area contributed by atoms with Crippen LogP contribution in [0.3, 0.4) is 0 Å². The Balaban J connectivity index is 2.27. The predicted octanol–water partition coefficient (Wildman–Crippen LogP) is 2.17. The summed E-state index contributed by atoms with van der Waals surface area (Å²) in [5.74, 6) is -2.09. The van der Waals surface area contributed by atoms with Crippen LogP contribution in [0, 0.1) is 0 Å². The first-order chi connectivity index (χ1) is 10.1. The van der Waals surface area contributed by atoms with Crippen LogP contribution in [-0.4, -0.2) is 30.9 Å². The van der Waals surface area contributed by atoms with Crippen molar-refractivity contribution in [2.75, 3.05) is 14.2 Å². The summed E-state index contributed by atoms with van der Waals surface area (Å²) in [6, 6.07) is 9.14. The van der Waals surface area contributed by atoms with Gasteiger partial charge in [-0.1, -0.05) is 36.4 Å². The second-order valence-corrected chi connectivity index (χ2v) is 4.23. The second kappa shape index (κ2) is 6.09. The molecule has 0 bridgehead atoms. The molecule has 5 heteroatoms. The van der Waals surface area contributed by atoms with Crippen molar-refractivity contribution in [3.8, 4) is 0 Å². The maximum Gasteiger partial charge on any atom is 0.239 e. The van der Waals surface area contributed by atoms with E-state index in [1.54, 1.807) is 6.08 Å². The van der Waals surface area contributed by atoms with Crippen molar-refractivity contribution in [3.63, 3.8) is 0 Å². The van der Waals surface area contributed by atoms with E-state index in [4.69, 9.17) is 9.47 Å². The fraction of sp³-hybridized carbons (Fsp3) is 0.125. The number of aliphatic hydroxyl groups is 1. The molecule has 0 unspecified atom stereocenters. The number of allylic oxidation sites excluding steroid dienone is 2. The van der Waals surface area contributed by atoms with Gasteiger partial charge in [0.25, 0.3) is 0 Å². The molecule has 0 aliphatic heterocycles. The molecule has 1 aliphatic rings. The lowest BCUT2D eigenvalue weighted by molar-refractivity contribution is -0.119. The Morgan fingerprint density at radius 1 is 1.10 bits per heavy atom. The first-order valence-electron chi connectivity index (χ1n) is 6.18. The van der Waals surface area contributed by atoms with Crippen molar-refractivity contribution < 1.29 is 24.2 Å². The molecule has 21 heavy (non-hydrogen) atoms. The fourth-order valence-corrected chi connectivity index (χ4v) is 1.97. The van der Waals surface area contributed by atoms with E-state index in [2.05, 4.69) is 0 Å². The normalized spacial score (nSPS) is 15.0. The van der Waals surface area contributed by atoms with E-state index in [9.17, 15) is 14.7 Å². The minimum absolute atomic E-state index is 0.126. The molecule has 1 aliphatic carbocycles. The monoisotopic (exact) mass is 286 g/mol. The van der Waals surface area contributed by atoms with Gasteiger partial charge in [-0.15, -0.1) is 0 Å². The van der Waals surface area contributed by atoms with E-state index >= 15 is 0 Å². The topological polar surface area (TPSA) is 72.8 Å². The standard InChI is InChI=1S/C16H14O5/c1-20-15-13(18)12(14(19)16(15)21-2)11(17)9-8-10-6-4-3-5-7-10/h3-9,18H,1-2H3. The Kier molecular flexibility index (Phi) is 4.23. The summed E-state index contributed by atoms with van der Waals surface area (Å²) in [5.41, 5.74) is 0.458. The van der Waals surface area contributed by atoms with Crippen LogP contribution in [0.25, 0.3) is 6.08 Å². The van der Waals surface area contributed by atoms with Gasteiger partial charge >= 0.3 is 0 Å². The van der Waals surface area contributed by atoms with Crippen molar-refractivity contribution in [1.29, 1.82) is 0 Å². The number of ether oxygens (including phenoxy) is 2. The molecule has 0 saturated carbocycles. The third-order valence-corrected chi connectivity index (χ3v) is 2.97. The van der Waals surface area contributed by atoms with E-state index in [0.717, 1.165) is 5.56 Å². The van der Waals surface area contributed by atoms with Gasteiger partial charge in [0.15, 0.2) is 11.5 Å². The molecular formula is C16H14O5. The SMILES string of the molecule is COC1=C(OC)C(O)=C(C(=O)C=Cc2ccccc2)C1=O. The number of aliphatic hydroxyl groups excluding tert-OH is 1. The molecule has 0 heterocycles. The zero-order chi connectivity index (χ0) is 15.4. The summed E-state index contributed by atoms with van der Waals surface area (Å²) in [7, 11) is 2.55. The molecule has 0 saturated heterocycles. The average molecular weight is 286 g/mol. The predicted molar refractivity (Wildman–Crippen MR) is 76.2 cm³/mol. The first-order valence-corrected chi connectivity index (χ1v) is 6.18. The highest BCUT2D eigenvalue weighted by Gasteiger charge is 2.38. The first kappa shape index (κ1) is 14.6. The number of Topliss-reactive ketones (excluding diaryl/α,β-unsaturated/α-hetero) is 1. The van der Waals surface area contributed by atoms with E-state index in [-0.39, 0.29) is 17.1 Å². The Hall–Kier alpha value is -2.82. The third-order valence-electron chi connectivity index (χ3n) is 2.97. The molecule has 1 N–H and O–H groups in total. The van der Waals surface area contributed by atoms with Gasteiger partial charge in [0, 0.05) is 0 Å². The van der Waals surface area contributed by atoms with Crippen molar-refractivity contribution in [2.24, 2.45) is 0 Å². The Bertz CT molecular complexity index is 665. The highest BCUT2D eigenvalue weighted by atomic mass is 16.5. The molecule has 0 radical (unpaired) electrons. The second-order valence-electron chi connectivity index (χ2n) is 4.23. The molecule has 1 aromatic carbocycles. The number of carbonyl (C=O) groups excluding carboxylic acids is 2. The Morgan fingerprint density at radius 2 is 1.71 bits per heavy atom. The third kappa shape index (κ3) is 2.72. The van der Waals surface area contributed by atoms with Gasteiger partial charge in [-0.2, -0.15) is 0 Å². The van der Waals surface area contributed by atoms with Crippen LogP contribution >= 0.6 is 0 Å². The zero-order valence-corrected chi connectivity index (χ0v) is 11.6. The Morgan fingerprint density at radius 3 is 2.24 bits per heavy atom. The fourth-order valence-electron chi connectivity index (χ4n) is 1.97. The average Bonchev–Trinajstić information content (AvgIpc) is 2.75. The molecule has 5 nitrogen and oxygen atoms in total. The van der Waals surface area contributed by atoms with Gasteiger partial charge in [-0.3, -0.25) is 9.59 Å². The van der Waals surface area contributed by atoms with Crippen LogP contribution in [-0.2, 0) is 19.1 Å². The minimum Gasteiger partial charge on any atom is -0.504 e. The number of carbonyl (C=O) groups is 2. The van der Waals surface area contributed by atoms with Gasteiger partial charge in [0.2, 0.25) is 17.3 Å². The molecule has 108 valence electrons. The number of hydrogen-bond donors (Lipinski definition) is 1. The van der Waals surface area contributed by atoms with Crippen LogP contribution in [0.15, 0.2) is 59.3 Å². The van der Waals surface area contributed by atoms with Crippen molar-refractivity contribution in [1.82, 2.24) is 0 Å². The van der Waals surface area contributed by atoms with E-state index in [0.29, 0.717) is 0 Å². The van der Waals surface area contributed by atoms with Crippen molar-refractivity contribution in [2.45, 2.75) is 0 Å². The largest absolute Gasteiger partial charge is 0.504 e. The van der Waals surface area contributed by atoms with Crippen LogP contribution in [0.4, 0.5) is 0 Å². The summed E-state index contributed by atoms with van der Waals surface area (Å²) >= 11 is 0. The molecule has 0 atom stereocenters.